The minimum atomic E-state index is -0.725. The minimum absolute atomic E-state index is 0.204. The number of benzene rings is 1. The van der Waals surface area contributed by atoms with Gasteiger partial charge in [0, 0.05) is 13.1 Å². The Labute approximate surface area is 103 Å². The summed E-state index contributed by atoms with van der Waals surface area (Å²) in [4.78, 5) is 2.11. The molecule has 0 aromatic heterocycles. The summed E-state index contributed by atoms with van der Waals surface area (Å²) >= 11 is 0. The Bertz CT molecular complexity index is 371. The van der Waals surface area contributed by atoms with Crippen molar-refractivity contribution in [2.45, 2.75) is 39.8 Å². The number of nitrogens with zero attached hydrogens (tertiary/aromatic N) is 1. The molecular weight excluding hydrogens is 217 g/mol. The van der Waals surface area contributed by atoms with E-state index in [1.54, 1.807) is 26.0 Å². The van der Waals surface area contributed by atoms with Gasteiger partial charge in [-0.15, -0.1) is 0 Å². The highest BCUT2D eigenvalue weighted by atomic mass is 19.1. The highest BCUT2D eigenvalue weighted by molar-refractivity contribution is 5.26. The van der Waals surface area contributed by atoms with Crippen molar-refractivity contribution < 1.29 is 9.50 Å². The number of rotatable bonds is 5. The Morgan fingerprint density at radius 1 is 1.35 bits per heavy atom. The van der Waals surface area contributed by atoms with E-state index in [1.807, 2.05) is 13.8 Å². The molecule has 0 heterocycles. The van der Waals surface area contributed by atoms with E-state index in [-0.39, 0.29) is 5.82 Å². The van der Waals surface area contributed by atoms with E-state index < -0.39 is 5.60 Å². The van der Waals surface area contributed by atoms with Gasteiger partial charge in [-0.3, -0.25) is 4.90 Å². The molecule has 2 nitrogen and oxygen atoms in total. The molecule has 0 saturated carbocycles. The van der Waals surface area contributed by atoms with Crippen molar-refractivity contribution in [3.63, 3.8) is 0 Å². The molecule has 0 fully saturated rings. The van der Waals surface area contributed by atoms with Gasteiger partial charge in [0.25, 0.3) is 0 Å². The van der Waals surface area contributed by atoms with Gasteiger partial charge in [0.05, 0.1) is 5.60 Å². The Hall–Kier alpha value is -0.930. The van der Waals surface area contributed by atoms with Gasteiger partial charge in [-0.2, -0.15) is 0 Å². The highest BCUT2D eigenvalue weighted by Crippen LogP contribution is 2.14. The molecule has 1 aromatic carbocycles. The van der Waals surface area contributed by atoms with Crippen molar-refractivity contribution in [1.82, 2.24) is 4.90 Å². The molecule has 0 atom stereocenters. The minimum Gasteiger partial charge on any atom is -0.389 e. The molecule has 1 N–H and O–H groups in total. The van der Waals surface area contributed by atoms with E-state index in [1.165, 1.54) is 6.07 Å². The van der Waals surface area contributed by atoms with Gasteiger partial charge >= 0.3 is 0 Å². The van der Waals surface area contributed by atoms with Gasteiger partial charge in [0.2, 0.25) is 0 Å². The van der Waals surface area contributed by atoms with Crippen molar-refractivity contribution in [3.05, 3.63) is 35.1 Å². The van der Waals surface area contributed by atoms with Crippen LogP contribution in [0.5, 0.6) is 0 Å². The summed E-state index contributed by atoms with van der Waals surface area (Å²) in [5.74, 6) is -0.204. The maximum absolute atomic E-state index is 13.2. The quantitative estimate of drug-likeness (QED) is 0.854. The molecule has 0 aliphatic rings. The van der Waals surface area contributed by atoms with E-state index in [2.05, 4.69) is 4.90 Å². The SMILES string of the molecule is CCN(Cc1cc(F)ccc1C)CC(C)(C)O. The van der Waals surface area contributed by atoms with E-state index in [0.29, 0.717) is 13.1 Å². The normalized spacial score (nSPS) is 12.2. The van der Waals surface area contributed by atoms with Gasteiger partial charge in [-0.1, -0.05) is 13.0 Å². The molecule has 0 aliphatic carbocycles. The number of halogens is 1. The molecular formula is C14H22FNO. The average Bonchev–Trinajstić information content (AvgIpc) is 2.20. The smallest absolute Gasteiger partial charge is 0.123 e. The topological polar surface area (TPSA) is 23.5 Å². The standard InChI is InChI=1S/C14H22FNO/c1-5-16(10-14(3,4)17)9-12-8-13(15)7-6-11(12)2/h6-8,17H,5,9-10H2,1-4H3. The summed E-state index contributed by atoms with van der Waals surface area (Å²) in [7, 11) is 0. The van der Waals surface area contributed by atoms with Gasteiger partial charge < -0.3 is 5.11 Å². The Morgan fingerprint density at radius 3 is 2.53 bits per heavy atom. The molecule has 1 aromatic rings. The van der Waals surface area contributed by atoms with Crippen LogP contribution in [0.1, 0.15) is 31.9 Å². The van der Waals surface area contributed by atoms with Gasteiger partial charge in [0.1, 0.15) is 5.82 Å². The predicted octanol–water partition coefficient (Wildman–Crippen LogP) is 2.73. The summed E-state index contributed by atoms with van der Waals surface area (Å²) < 4.78 is 13.2. The van der Waals surface area contributed by atoms with Crippen LogP contribution in [0.15, 0.2) is 18.2 Å². The highest BCUT2D eigenvalue weighted by Gasteiger charge is 2.17. The summed E-state index contributed by atoms with van der Waals surface area (Å²) in [6.07, 6.45) is 0. The third-order valence-corrected chi connectivity index (χ3v) is 2.76. The number of aryl methyl sites for hydroxylation is 1. The van der Waals surface area contributed by atoms with Crippen molar-refractivity contribution in [2.24, 2.45) is 0 Å². The molecule has 0 radical (unpaired) electrons. The second-order valence-corrected chi connectivity index (χ2v) is 5.19. The number of likely N-dealkylation sites (N-methyl/N-ethyl adjacent to an activating group) is 1. The van der Waals surface area contributed by atoms with Crippen LogP contribution in [0.4, 0.5) is 4.39 Å². The van der Waals surface area contributed by atoms with Crippen molar-refractivity contribution >= 4 is 0 Å². The molecule has 96 valence electrons. The van der Waals surface area contributed by atoms with Crippen molar-refractivity contribution in [2.75, 3.05) is 13.1 Å². The summed E-state index contributed by atoms with van der Waals surface area (Å²) in [6.45, 7) is 9.68. The fourth-order valence-corrected chi connectivity index (χ4v) is 1.88. The maximum atomic E-state index is 13.2. The van der Waals surface area contributed by atoms with Gasteiger partial charge in [-0.05, 0) is 50.6 Å². The van der Waals surface area contributed by atoms with E-state index in [9.17, 15) is 9.50 Å². The first kappa shape index (κ1) is 14.1. The van der Waals surface area contributed by atoms with Crippen LogP contribution >= 0.6 is 0 Å². The summed E-state index contributed by atoms with van der Waals surface area (Å²) in [5, 5.41) is 9.81. The van der Waals surface area contributed by atoms with E-state index >= 15 is 0 Å². The summed E-state index contributed by atoms with van der Waals surface area (Å²) in [5.41, 5.74) is 1.34. The number of hydrogen-bond donors (Lipinski definition) is 1. The molecule has 0 saturated heterocycles. The molecule has 0 unspecified atom stereocenters. The molecule has 0 amide bonds. The number of hydrogen-bond acceptors (Lipinski definition) is 2. The predicted molar refractivity (Wildman–Crippen MR) is 68.4 cm³/mol. The second kappa shape index (κ2) is 5.61. The Balaban J connectivity index is 2.77. The molecule has 1 rings (SSSR count). The first-order valence-electron chi connectivity index (χ1n) is 6.01. The zero-order valence-electron chi connectivity index (χ0n) is 11.1. The average molecular weight is 239 g/mol. The lowest BCUT2D eigenvalue weighted by atomic mass is 10.1. The monoisotopic (exact) mass is 239 g/mol. The van der Waals surface area contributed by atoms with Crippen molar-refractivity contribution in [1.29, 1.82) is 0 Å². The third kappa shape index (κ3) is 4.84. The molecule has 0 bridgehead atoms. The first-order chi connectivity index (χ1) is 7.81. The molecule has 0 spiro atoms. The number of aliphatic hydroxyl groups is 1. The maximum Gasteiger partial charge on any atom is 0.123 e. The lowest BCUT2D eigenvalue weighted by Crippen LogP contribution is -2.38. The van der Waals surface area contributed by atoms with Crippen LogP contribution < -0.4 is 0 Å². The van der Waals surface area contributed by atoms with E-state index in [0.717, 1.165) is 17.7 Å². The van der Waals surface area contributed by atoms with Crippen LogP contribution in [0.25, 0.3) is 0 Å². The van der Waals surface area contributed by atoms with Crippen LogP contribution in [0.2, 0.25) is 0 Å². The zero-order chi connectivity index (χ0) is 13.1. The lowest BCUT2D eigenvalue weighted by Gasteiger charge is -2.28. The Morgan fingerprint density at radius 2 is 2.00 bits per heavy atom. The Kier molecular flexibility index (Phi) is 4.66. The first-order valence-corrected chi connectivity index (χ1v) is 6.01. The fraction of sp³-hybridized carbons (Fsp3) is 0.571. The van der Waals surface area contributed by atoms with Gasteiger partial charge in [-0.25, -0.2) is 4.39 Å². The van der Waals surface area contributed by atoms with Crippen LogP contribution in [0, 0.1) is 12.7 Å². The summed E-state index contributed by atoms with van der Waals surface area (Å²) in [6, 6.07) is 4.84. The molecule has 17 heavy (non-hydrogen) atoms. The fourth-order valence-electron chi connectivity index (χ4n) is 1.88. The van der Waals surface area contributed by atoms with Crippen molar-refractivity contribution in [3.8, 4) is 0 Å². The second-order valence-electron chi connectivity index (χ2n) is 5.19. The van der Waals surface area contributed by atoms with Crippen LogP contribution in [-0.4, -0.2) is 28.7 Å². The van der Waals surface area contributed by atoms with Crippen LogP contribution in [-0.2, 0) is 6.54 Å². The zero-order valence-corrected chi connectivity index (χ0v) is 11.1. The van der Waals surface area contributed by atoms with Crippen LogP contribution in [0.3, 0.4) is 0 Å². The van der Waals surface area contributed by atoms with E-state index in [4.69, 9.17) is 0 Å². The molecule has 3 heteroatoms. The third-order valence-electron chi connectivity index (χ3n) is 2.76. The molecule has 0 aliphatic heterocycles. The lowest BCUT2D eigenvalue weighted by molar-refractivity contribution is 0.0352. The van der Waals surface area contributed by atoms with Gasteiger partial charge in [0.15, 0.2) is 0 Å². The largest absolute Gasteiger partial charge is 0.389 e.